The Labute approximate surface area is 156 Å². The number of piperidine rings is 2. The first-order valence-electron chi connectivity index (χ1n) is 9.82. The van der Waals surface area contributed by atoms with Crippen LogP contribution in [-0.4, -0.2) is 52.9 Å². The number of hydrogen-bond donors (Lipinski definition) is 1. The van der Waals surface area contributed by atoms with E-state index in [1.807, 2.05) is 28.0 Å². The maximum atomic E-state index is 12.5. The van der Waals surface area contributed by atoms with Gasteiger partial charge in [0.15, 0.2) is 0 Å². The van der Waals surface area contributed by atoms with Gasteiger partial charge in [0.1, 0.15) is 0 Å². The van der Waals surface area contributed by atoms with E-state index in [1.54, 1.807) is 6.20 Å². The third-order valence-corrected chi connectivity index (χ3v) is 5.58. The van der Waals surface area contributed by atoms with Crippen molar-refractivity contribution in [1.29, 1.82) is 0 Å². The minimum Gasteiger partial charge on any atom is -0.338 e. The van der Waals surface area contributed by atoms with Crippen molar-refractivity contribution in [3.8, 4) is 0 Å². The van der Waals surface area contributed by atoms with Gasteiger partial charge in [-0.05, 0) is 37.8 Å². The SMILES string of the molecule is CCCCNC(=O)N1CCCC2(CCC(=O)N(Cc3ccccn3)C2)C1. The molecule has 0 radical (unpaired) electrons. The van der Waals surface area contributed by atoms with Gasteiger partial charge < -0.3 is 15.1 Å². The number of amides is 3. The Morgan fingerprint density at radius 1 is 1.31 bits per heavy atom. The van der Waals surface area contributed by atoms with Gasteiger partial charge in [-0.3, -0.25) is 9.78 Å². The number of unbranched alkanes of at least 4 members (excludes halogenated alkanes) is 1. The average molecular weight is 358 g/mol. The number of carbonyl (C=O) groups excluding carboxylic acids is 2. The number of hydrogen-bond acceptors (Lipinski definition) is 3. The van der Waals surface area contributed by atoms with Gasteiger partial charge in [0.2, 0.25) is 5.91 Å². The second kappa shape index (κ2) is 8.52. The molecule has 1 N–H and O–H groups in total. The molecule has 0 aromatic carbocycles. The fourth-order valence-electron chi connectivity index (χ4n) is 4.13. The van der Waals surface area contributed by atoms with Crippen molar-refractivity contribution in [2.75, 3.05) is 26.2 Å². The van der Waals surface area contributed by atoms with Gasteiger partial charge in [0.05, 0.1) is 12.2 Å². The molecule has 2 saturated heterocycles. The molecule has 3 rings (SSSR count). The predicted molar refractivity (Wildman–Crippen MR) is 100 cm³/mol. The number of carbonyl (C=O) groups is 2. The van der Waals surface area contributed by atoms with Crippen molar-refractivity contribution >= 4 is 11.9 Å². The van der Waals surface area contributed by atoms with Crippen LogP contribution < -0.4 is 5.32 Å². The molecule has 1 atom stereocenters. The van der Waals surface area contributed by atoms with Crippen molar-refractivity contribution in [3.63, 3.8) is 0 Å². The summed E-state index contributed by atoms with van der Waals surface area (Å²) in [5, 5.41) is 3.03. The first kappa shape index (κ1) is 18.7. The molecule has 1 spiro atoms. The number of nitrogens with zero attached hydrogens (tertiary/aromatic N) is 3. The molecule has 26 heavy (non-hydrogen) atoms. The van der Waals surface area contributed by atoms with Gasteiger partial charge >= 0.3 is 6.03 Å². The molecule has 0 saturated carbocycles. The average Bonchev–Trinajstić information content (AvgIpc) is 2.66. The number of likely N-dealkylation sites (tertiary alicyclic amines) is 2. The number of urea groups is 1. The van der Waals surface area contributed by atoms with E-state index in [9.17, 15) is 9.59 Å². The van der Waals surface area contributed by atoms with E-state index in [0.717, 1.165) is 64.0 Å². The van der Waals surface area contributed by atoms with Crippen LogP contribution in [0.3, 0.4) is 0 Å². The summed E-state index contributed by atoms with van der Waals surface area (Å²) in [6, 6.07) is 5.85. The van der Waals surface area contributed by atoms with Crippen molar-refractivity contribution < 1.29 is 9.59 Å². The Balaban J connectivity index is 1.62. The van der Waals surface area contributed by atoms with Crippen molar-refractivity contribution in [3.05, 3.63) is 30.1 Å². The molecular formula is C20H30N4O2. The maximum absolute atomic E-state index is 12.5. The van der Waals surface area contributed by atoms with Crippen molar-refractivity contribution in [1.82, 2.24) is 20.1 Å². The highest BCUT2D eigenvalue weighted by Crippen LogP contribution is 2.39. The molecule has 6 heteroatoms. The van der Waals surface area contributed by atoms with Crippen LogP contribution in [0.5, 0.6) is 0 Å². The van der Waals surface area contributed by atoms with Gasteiger partial charge in [-0.25, -0.2) is 4.79 Å². The second-order valence-electron chi connectivity index (χ2n) is 7.68. The van der Waals surface area contributed by atoms with Crippen LogP contribution in [0.25, 0.3) is 0 Å². The maximum Gasteiger partial charge on any atom is 0.317 e. The van der Waals surface area contributed by atoms with Crippen LogP contribution in [0, 0.1) is 5.41 Å². The monoisotopic (exact) mass is 358 g/mol. The summed E-state index contributed by atoms with van der Waals surface area (Å²) >= 11 is 0. The number of aromatic nitrogens is 1. The summed E-state index contributed by atoms with van der Waals surface area (Å²) in [5.41, 5.74) is 0.950. The molecule has 142 valence electrons. The first-order chi connectivity index (χ1) is 12.6. The molecular weight excluding hydrogens is 328 g/mol. The lowest BCUT2D eigenvalue weighted by Gasteiger charge is -2.48. The standard InChI is InChI=1S/C20H30N4O2/c1-2-3-11-22-19(26)23-13-6-9-20(15-23)10-8-18(25)24(16-20)14-17-7-4-5-12-21-17/h4-5,7,12H,2-3,6,8-11,13-16H2,1H3,(H,22,26). The molecule has 3 amide bonds. The minimum absolute atomic E-state index is 0.0308. The van der Waals surface area contributed by atoms with E-state index < -0.39 is 0 Å². The van der Waals surface area contributed by atoms with E-state index >= 15 is 0 Å². The Hall–Kier alpha value is -2.11. The molecule has 3 heterocycles. The molecule has 2 fully saturated rings. The Morgan fingerprint density at radius 3 is 2.96 bits per heavy atom. The fourth-order valence-corrected chi connectivity index (χ4v) is 4.13. The quantitative estimate of drug-likeness (QED) is 0.823. The van der Waals surface area contributed by atoms with Gasteiger partial charge in [-0.2, -0.15) is 0 Å². The number of nitrogens with one attached hydrogen (secondary N) is 1. The van der Waals surface area contributed by atoms with Crippen LogP contribution in [0.4, 0.5) is 4.79 Å². The van der Waals surface area contributed by atoms with Crippen molar-refractivity contribution in [2.45, 2.75) is 52.0 Å². The third-order valence-electron chi connectivity index (χ3n) is 5.58. The lowest BCUT2D eigenvalue weighted by atomic mass is 9.73. The lowest BCUT2D eigenvalue weighted by molar-refractivity contribution is -0.139. The molecule has 2 aliphatic heterocycles. The van der Waals surface area contributed by atoms with E-state index in [2.05, 4.69) is 17.2 Å². The van der Waals surface area contributed by atoms with E-state index in [1.165, 1.54) is 0 Å². The molecule has 1 aromatic heterocycles. The van der Waals surface area contributed by atoms with Crippen LogP contribution >= 0.6 is 0 Å². The van der Waals surface area contributed by atoms with E-state index in [0.29, 0.717) is 13.0 Å². The second-order valence-corrected chi connectivity index (χ2v) is 7.68. The Bertz CT molecular complexity index is 621. The lowest BCUT2D eigenvalue weighted by Crippen LogP contribution is -2.56. The van der Waals surface area contributed by atoms with Crippen LogP contribution in [0.1, 0.15) is 51.1 Å². The highest BCUT2D eigenvalue weighted by atomic mass is 16.2. The highest BCUT2D eigenvalue weighted by Gasteiger charge is 2.42. The Kier molecular flexibility index (Phi) is 6.12. The van der Waals surface area contributed by atoms with Crippen LogP contribution in [0.2, 0.25) is 0 Å². The summed E-state index contributed by atoms with van der Waals surface area (Å²) < 4.78 is 0. The van der Waals surface area contributed by atoms with Gasteiger partial charge in [-0.15, -0.1) is 0 Å². The zero-order chi connectivity index (χ0) is 18.4. The summed E-state index contributed by atoms with van der Waals surface area (Å²) in [6.45, 7) is 5.70. The molecule has 0 bridgehead atoms. The van der Waals surface area contributed by atoms with Gasteiger partial charge in [0, 0.05) is 44.2 Å². The molecule has 2 aliphatic rings. The Morgan fingerprint density at radius 2 is 2.19 bits per heavy atom. The third kappa shape index (κ3) is 4.54. The van der Waals surface area contributed by atoms with Crippen LogP contribution in [-0.2, 0) is 11.3 Å². The fraction of sp³-hybridized carbons (Fsp3) is 0.650. The summed E-state index contributed by atoms with van der Waals surface area (Å²) in [7, 11) is 0. The topological polar surface area (TPSA) is 65.5 Å². The van der Waals surface area contributed by atoms with Gasteiger partial charge in [-0.1, -0.05) is 19.4 Å². The minimum atomic E-state index is 0.0308. The molecule has 6 nitrogen and oxygen atoms in total. The normalized spacial score (nSPS) is 23.3. The molecule has 0 aliphatic carbocycles. The predicted octanol–water partition coefficient (Wildman–Crippen LogP) is 2.80. The first-order valence-corrected chi connectivity index (χ1v) is 9.82. The van der Waals surface area contributed by atoms with Crippen molar-refractivity contribution in [2.24, 2.45) is 5.41 Å². The summed E-state index contributed by atoms with van der Waals surface area (Å²) in [5.74, 6) is 0.200. The summed E-state index contributed by atoms with van der Waals surface area (Å²) in [6.07, 6.45) is 7.39. The van der Waals surface area contributed by atoms with Gasteiger partial charge in [0.25, 0.3) is 0 Å². The van der Waals surface area contributed by atoms with E-state index in [4.69, 9.17) is 0 Å². The summed E-state index contributed by atoms with van der Waals surface area (Å²) in [4.78, 5) is 33.1. The smallest absolute Gasteiger partial charge is 0.317 e. The number of pyridine rings is 1. The van der Waals surface area contributed by atoms with E-state index in [-0.39, 0.29) is 17.4 Å². The molecule has 1 aromatic rings. The van der Waals surface area contributed by atoms with Crippen LogP contribution in [0.15, 0.2) is 24.4 Å². The number of rotatable bonds is 5. The largest absolute Gasteiger partial charge is 0.338 e. The molecule has 1 unspecified atom stereocenters. The zero-order valence-corrected chi connectivity index (χ0v) is 15.7. The zero-order valence-electron chi connectivity index (χ0n) is 15.7. The highest BCUT2D eigenvalue weighted by molar-refractivity contribution is 5.77.